The molecule has 1 aliphatic rings. The summed E-state index contributed by atoms with van der Waals surface area (Å²) in [5.74, 6) is 0.959. The summed E-state index contributed by atoms with van der Waals surface area (Å²) < 4.78 is 0. The third-order valence-corrected chi connectivity index (χ3v) is 3.96. The molecule has 1 saturated carbocycles. The molecule has 86 valence electrons. The number of nitrogens with one attached hydrogen (secondary N) is 1. The van der Waals surface area contributed by atoms with Crippen LogP contribution in [0.3, 0.4) is 0 Å². The molecule has 1 amide bonds. The number of nitrogens with two attached hydrogens (primary N) is 1. The molecular formula is C10H18N2OS2. The molecule has 0 heterocycles. The van der Waals surface area contributed by atoms with Crippen LogP contribution in [0.2, 0.25) is 0 Å². The number of amides is 1. The Balaban J connectivity index is 2.56. The molecule has 0 aromatic rings. The third kappa shape index (κ3) is 2.84. The summed E-state index contributed by atoms with van der Waals surface area (Å²) in [5.41, 5.74) is 5.16. The zero-order valence-corrected chi connectivity index (χ0v) is 10.7. The van der Waals surface area contributed by atoms with E-state index in [1.807, 2.05) is 6.26 Å². The first-order valence-corrected chi connectivity index (χ1v) is 7.01. The first kappa shape index (κ1) is 12.8. The number of carbonyl (C=O) groups is 1. The third-order valence-electron chi connectivity index (χ3n) is 2.96. The fourth-order valence-corrected chi connectivity index (χ4v) is 2.60. The van der Waals surface area contributed by atoms with Crippen molar-refractivity contribution in [3.63, 3.8) is 0 Å². The average Bonchev–Trinajstić information content (AvgIpc) is 2.67. The molecule has 0 saturated heterocycles. The lowest BCUT2D eigenvalue weighted by Gasteiger charge is -2.26. The van der Waals surface area contributed by atoms with Crippen molar-refractivity contribution < 1.29 is 4.79 Å². The van der Waals surface area contributed by atoms with Gasteiger partial charge in [-0.1, -0.05) is 25.1 Å². The van der Waals surface area contributed by atoms with Crippen LogP contribution in [0.4, 0.5) is 0 Å². The summed E-state index contributed by atoms with van der Waals surface area (Å²) in [6.07, 6.45) is 5.74. The van der Waals surface area contributed by atoms with Crippen LogP contribution in [-0.2, 0) is 4.79 Å². The predicted molar refractivity (Wildman–Crippen MR) is 69.1 cm³/mol. The van der Waals surface area contributed by atoms with E-state index in [4.69, 9.17) is 18.0 Å². The fourth-order valence-electron chi connectivity index (χ4n) is 2.00. The Bertz CT molecular complexity index is 250. The lowest BCUT2D eigenvalue weighted by atomic mass is 9.85. The van der Waals surface area contributed by atoms with Gasteiger partial charge < -0.3 is 11.1 Å². The van der Waals surface area contributed by atoms with E-state index >= 15 is 0 Å². The Morgan fingerprint density at radius 2 is 2.13 bits per heavy atom. The maximum Gasteiger partial charge on any atom is 0.233 e. The van der Waals surface area contributed by atoms with Gasteiger partial charge in [0.05, 0.1) is 10.4 Å². The molecule has 0 unspecified atom stereocenters. The second-order valence-electron chi connectivity index (χ2n) is 3.90. The fraction of sp³-hybridized carbons (Fsp3) is 0.800. The van der Waals surface area contributed by atoms with Crippen molar-refractivity contribution in [1.82, 2.24) is 5.32 Å². The monoisotopic (exact) mass is 246 g/mol. The van der Waals surface area contributed by atoms with E-state index in [1.54, 1.807) is 11.8 Å². The summed E-state index contributed by atoms with van der Waals surface area (Å²) in [5, 5.41) is 2.92. The van der Waals surface area contributed by atoms with Crippen LogP contribution in [0.5, 0.6) is 0 Å². The minimum absolute atomic E-state index is 0.0292. The highest BCUT2D eigenvalue weighted by atomic mass is 32.2. The molecule has 0 bridgehead atoms. The maximum absolute atomic E-state index is 12.0. The molecule has 3 nitrogen and oxygen atoms in total. The molecule has 0 aromatic heterocycles. The van der Waals surface area contributed by atoms with Gasteiger partial charge >= 0.3 is 0 Å². The Morgan fingerprint density at radius 1 is 1.53 bits per heavy atom. The van der Waals surface area contributed by atoms with Crippen LogP contribution in [0.25, 0.3) is 0 Å². The molecule has 0 atom stereocenters. The van der Waals surface area contributed by atoms with Crippen LogP contribution >= 0.6 is 24.0 Å². The molecule has 0 aromatic carbocycles. The molecule has 0 aliphatic heterocycles. The van der Waals surface area contributed by atoms with E-state index in [-0.39, 0.29) is 5.91 Å². The molecule has 5 heteroatoms. The number of rotatable bonds is 5. The number of thioether (sulfide) groups is 1. The van der Waals surface area contributed by atoms with E-state index in [0.717, 1.165) is 31.4 Å². The lowest BCUT2D eigenvalue weighted by molar-refractivity contribution is -0.127. The van der Waals surface area contributed by atoms with E-state index in [0.29, 0.717) is 11.5 Å². The van der Waals surface area contributed by atoms with Crippen molar-refractivity contribution in [2.75, 3.05) is 18.6 Å². The van der Waals surface area contributed by atoms with Gasteiger partial charge in [0.15, 0.2) is 0 Å². The Kier molecular flexibility index (Phi) is 4.86. The highest BCUT2D eigenvalue weighted by Crippen LogP contribution is 2.38. The first-order valence-electron chi connectivity index (χ1n) is 5.20. The molecule has 15 heavy (non-hydrogen) atoms. The van der Waals surface area contributed by atoms with Gasteiger partial charge in [0.2, 0.25) is 5.91 Å². The Labute approximate surface area is 101 Å². The van der Waals surface area contributed by atoms with Crippen molar-refractivity contribution in [2.24, 2.45) is 11.1 Å². The number of thiocarbonyl (C=S) groups is 1. The van der Waals surface area contributed by atoms with E-state index in [9.17, 15) is 4.79 Å². The smallest absolute Gasteiger partial charge is 0.233 e. The van der Waals surface area contributed by atoms with Gasteiger partial charge in [0.1, 0.15) is 0 Å². The molecule has 0 radical (unpaired) electrons. The summed E-state index contributed by atoms with van der Waals surface area (Å²) in [7, 11) is 0. The SMILES string of the molecule is CSCCNC(=O)C1(C(N)=S)CCCC1. The quantitative estimate of drug-likeness (QED) is 0.567. The van der Waals surface area contributed by atoms with Crippen molar-refractivity contribution >= 4 is 34.9 Å². The highest BCUT2D eigenvalue weighted by molar-refractivity contribution is 7.98. The van der Waals surface area contributed by atoms with E-state index < -0.39 is 5.41 Å². The van der Waals surface area contributed by atoms with Gasteiger partial charge in [-0.2, -0.15) is 11.8 Å². The van der Waals surface area contributed by atoms with Crippen molar-refractivity contribution in [3.05, 3.63) is 0 Å². The number of hydrogen-bond donors (Lipinski definition) is 2. The zero-order valence-electron chi connectivity index (χ0n) is 9.04. The molecular weight excluding hydrogens is 228 g/mol. The van der Waals surface area contributed by atoms with Gasteiger partial charge in [-0.05, 0) is 19.1 Å². The molecule has 1 aliphatic carbocycles. The molecule has 3 N–H and O–H groups in total. The lowest BCUT2D eigenvalue weighted by Crippen LogP contribution is -2.47. The summed E-state index contributed by atoms with van der Waals surface area (Å²) in [4.78, 5) is 12.4. The van der Waals surface area contributed by atoms with Crippen LogP contribution < -0.4 is 11.1 Å². The average molecular weight is 246 g/mol. The van der Waals surface area contributed by atoms with Crippen LogP contribution in [0.1, 0.15) is 25.7 Å². The summed E-state index contributed by atoms with van der Waals surface area (Å²) in [6.45, 7) is 0.699. The maximum atomic E-state index is 12.0. The van der Waals surface area contributed by atoms with Crippen molar-refractivity contribution in [1.29, 1.82) is 0 Å². The van der Waals surface area contributed by atoms with Crippen LogP contribution in [0, 0.1) is 5.41 Å². The van der Waals surface area contributed by atoms with Gasteiger partial charge in [0, 0.05) is 12.3 Å². The molecule has 1 rings (SSSR count). The largest absolute Gasteiger partial charge is 0.392 e. The van der Waals surface area contributed by atoms with Crippen molar-refractivity contribution in [3.8, 4) is 0 Å². The first-order chi connectivity index (χ1) is 7.13. The minimum atomic E-state index is -0.548. The standard InChI is InChI=1S/C10H18N2OS2/c1-15-7-6-12-9(13)10(8(11)14)4-2-3-5-10/h2-7H2,1H3,(H2,11,14)(H,12,13). The summed E-state index contributed by atoms with van der Waals surface area (Å²) in [6, 6.07) is 0. The minimum Gasteiger partial charge on any atom is -0.392 e. The predicted octanol–water partition coefficient (Wildman–Crippen LogP) is 1.31. The van der Waals surface area contributed by atoms with Gasteiger partial charge in [-0.25, -0.2) is 0 Å². The normalized spacial score (nSPS) is 18.7. The van der Waals surface area contributed by atoms with Gasteiger partial charge in [0.25, 0.3) is 0 Å². The topological polar surface area (TPSA) is 55.1 Å². The number of hydrogen-bond acceptors (Lipinski definition) is 3. The van der Waals surface area contributed by atoms with E-state index in [2.05, 4.69) is 5.32 Å². The Hall–Kier alpha value is -0.290. The highest BCUT2D eigenvalue weighted by Gasteiger charge is 2.43. The Morgan fingerprint density at radius 3 is 2.60 bits per heavy atom. The van der Waals surface area contributed by atoms with Crippen molar-refractivity contribution in [2.45, 2.75) is 25.7 Å². The molecule has 1 fully saturated rings. The second kappa shape index (κ2) is 5.70. The second-order valence-corrected chi connectivity index (χ2v) is 5.33. The molecule has 0 spiro atoms. The van der Waals surface area contributed by atoms with E-state index in [1.165, 1.54) is 0 Å². The van der Waals surface area contributed by atoms with Gasteiger partial charge in [-0.3, -0.25) is 4.79 Å². The van der Waals surface area contributed by atoms with Crippen LogP contribution in [0.15, 0.2) is 0 Å². The number of carbonyl (C=O) groups excluding carboxylic acids is 1. The zero-order chi connectivity index (χ0) is 11.3. The summed E-state index contributed by atoms with van der Waals surface area (Å²) >= 11 is 6.75. The van der Waals surface area contributed by atoms with Gasteiger partial charge in [-0.15, -0.1) is 0 Å². The van der Waals surface area contributed by atoms with Crippen LogP contribution in [-0.4, -0.2) is 29.4 Å².